The minimum absolute atomic E-state index is 0.0457. The van der Waals surface area contributed by atoms with Gasteiger partial charge in [-0.15, -0.1) is 0 Å². The van der Waals surface area contributed by atoms with Gasteiger partial charge in [-0.2, -0.15) is 10.5 Å². The maximum absolute atomic E-state index is 10.2. The number of allylic oxidation sites excluding steroid dienone is 1. The number of rotatable bonds is 4. The zero-order valence-electron chi connectivity index (χ0n) is 22.5. The van der Waals surface area contributed by atoms with Crippen LogP contribution in [-0.4, -0.2) is 19.9 Å². The van der Waals surface area contributed by atoms with Crippen LogP contribution in [0.15, 0.2) is 101 Å². The third-order valence-electron chi connectivity index (χ3n) is 6.62. The van der Waals surface area contributed by atoms with Gasteiger partial charge in [0.25, 0.3) is 0 Å². The second-order valence-corrected chi connectivity index (χ2v) is 9.41. The standard InChI is InChI=1S/C33H16N10/c1-19-12-20(15-34)14-24(13-19)31-41-30(22-7-5-21(6-8-22)23-4-3-11-38-18-23)42-32(43-31)25-9-10-27-29(26(25)16-35)40-33(39-27)28(17-36)37-2/h3-14,18H,1H3/b33-28+. The molecule has 1 aliphatic rings. The molecular formula is C33H16N10. The Bertz CT molecular complexity index is 2260. The minimum Gasteiger partial charge on any atom is -0.264 e. The van der Waals surface area contributed by atoms with E-state index in [1.165, 1.54) is 0 Å². The van der Waals surface area contributed by atoms with Crippen LogP contribution in [0.4, 0.5) is 0 Å². The van der Waals surface area contributed by atoms with Crippen LogP contribution < -0.4 is 10.7 Å². The number of nitrogens with zero attached hydrogens (tertiary/aromatic N) is 10. The average Bonchev–Trinajstić information content (AvgIpc) is 3.49. The summed E-state index contributed by atoms with van der Waals surface area (Å²) < 4.78 is 0. The van der Waals surface area contributed by atoms with E-state index in [1.54, 1.807) is 42.7 Å². The Kier molecular flexibility index (Phi) is 6.71. The molecular weight excluding hydrogens is 536 g/mol. The first-order valence-electron chi connectivity index (χ1n) is 12.8. The van der Waals surface area contributed by atoms with Crippen molar-refractivity contribution in [3.05, 3.63) is 129 Å². The van der Waals surface area contributed by atoms with Crippen molar-refractivity contribution >= 4 is 0 Å². The Hall–Kier alpha value is -6.88. The van der Waals surface area contributed by atoms with Gasteiger partial charge in [-0.05, 0) is 60.0 Å². The van der Waals surface area contributed by atoms with Crippen LogP contribution in [0.25, 0.3) is 50.1 Å². The molecule has 0 bridgehead atoms. The zero-order chi connectivity index (χ0) is 29.9. The van der Waals surface area contributed by atoms with Gasteiger partial charge in [-0.3, -0.25) is 4.98 Å². The molecule has 0 N–H and O–H groups in total. The summed E-state index contributed by atoms with van der Waals surface area (Å²) in [6.07, 6.45) is 3.50. The Labute approximate surface area is 245 Å². The number of hydrogen-bond donors (Lipinski definition) is 0. The van der Waals surface area contributed by atoms with Crippen molar-refractivity contribution in [2.24, 2.45) is 9.98 Å². The fourth-order valence-corrected chi connectivity index (χ4v) is 4.64. The Morgan fingerprint density at radius 2 is 1.51 bits per heavy atom. The molecule has 10 heteroatoms. The molecule has 6 rings (SSSR count). The van der Waals surface area contributed by atoms with Crippen molar-refractivity contribution in [3.63, 3.8) is 0 Å². The molecule has 0 unspecified atom stereocenters. The smallest absolute Gasteiger partial charge is 0.264 e. The van der Waals surface area contributed by atoms with Crippen molar-refractivity contribution in [2.75, 3.05) is 0 Å². The molecule has 0 fully saturated rings. The second-order valence-electron chi connectivity index (χ2n) is 9.41. The van der Waals surface area contributed by atoms with Crippen LogP contribution in [0.5, 0.6) is 0 Å². The predicted molar refractivity (Wildman–Crippen MR) is 155 cm³/mol. The largest absolute Gasteiger partial charge is 0.305 e. The van der Waals surface area contributed by atoms with E-state index in [-0.39, 0.29) is 28.3 Å². The predicted octanol–water partition coefficient (Wildman–Crippen LogP) is 4.85. The Morgan fingerprint density at radius 3 is 2.19 bits per heavy atom. The minimum atomic E-state index is -0.270. The number of benzene rings is 3. The first kappa shape index (κ1) is 26.3. The molecule has 3 heterocycles. The topological polar surface area (TPSA) is 152 Å². The number of aryl methyl sites for hydroxylation is 1. The lowest BCUT2D eigenvalue weighted by molar-refractivity contribution is 1.07. The lowest BCUT2D eigenvalue weighted by Gasteiger charge is -2.10. The lowest BCUT2D eigenvalue weighted by atomic mass is 10.0. The molecule has 0 saturated heterocycles. The van der Waals surface area contributed by atoms with Crippen molar-refractivity contribution < 1.29 is 0 Å². The molecule has 43 heavy (non-hydrogen) atoms. The number of hydrogen-bond acceptors (Lipinski definition) is 9. The van der Waals surface area contributed by atoms with Gasteiger partial charge in [0.1, 0.15) is 11.4 Å². The highest BCUT2D eigenvalue weighted by atomic mass is 15.0. The maximum atomic E-state index is 10.2. The summed E-state index contributed by atoms with van der Waals surface area (Å²) in [6, 6.07) is 26.3. The Morgan fingerprint density at radius 1 is 0.767 bits per heavy atom. The molecule has 2 aromatic heterocycles. The Balaban J connectivity index is 1.57. The van der Waals surface area contributed by atoms with E-state index in [1.807, 2.05) is 49.4 Å². The van der Waals surface area contributed by atoms with E-state index in [0.717, 1.165) is 16.7 Å². The second kappa shape index (κ2) is 10.9. The monoisotopic (exact) mass is 552 g/mol. The summed E-state index contributed by atoms with van der Waals surface area (Å²) in [6.45, 7) is 9.12. The van der Waals surface area contributed by atoms with Crippen LogP contribution in [-0.2, 0) is 0 Å². The van der Waals surface area contributed by atoms with Crippen LogP contribution in [0, 0.1) is 47.5 Å². The van der Waals surface area contributed by atoms with Gasteiger partial charge in [0.2, 0.25) is 0 Å². The van der Waals surface area contributed by atoms with Gasteiger partial charge in [0.15, 0.2) is 23.3 Å². The molecule has 0 atom stereocenters. The third kappa shape index (κ3) is 4.96. The molecule has 3 aromatic carbocycles. The van der Waals surface area contributed by atoms with Gasteiger partial charge in [0.05, 0.1) is 35.2 Å². The van der Waals surface area contributed by atoms with Gasteiger partial charge in [0, 0.05) is 29.1 Å². The van der Waals surface area contributed by atoms with Gasteiger partial charge in [-0.1, -0.05) is 30.3 Å². The van der Waals surface area contributed by atoms with Gasteiger partial charge >= 0.3 is 5.70 Å². The lowest BCUT2D eigenvalue weighted by Crippen LogP contribution is -2.25. The molecule has 0 saturated carbocycles. The first-order valence-corrected chi connectivity index (χ1v) is 12.8. The maximum Gasteiger partial charge on any atom is 0.305 e. The summed E-state index contributed by atoms with van der Waals surface area (Å²) >= 11 is 0. The molecule has 10 nitrogen and oxygen atoms in total. The van der Waals surface area contributed by atoms with Crippen LogP contribution in [0.2, 0.25) is 0 Å². The van der Waals surface area contributed by atoms with Crippen molar-refractivity contribution in [1.29, 1.82) is 15.8 Å². The molecule has 1 aliphatic heterocycles. The summed E-state index contributed by atoms with van der Waals surface area (Å²) in [5.74, 6) is 0.858. The highest BCUT2D eigenvalue weighted by Crippen LogP contribution is 2.28. The van der Waals surface area contributed by atoms with Gasteiger partial charge < -0.3 is 0 Å². The van der Waals surface area contributed by atoms with Crippen molar-refractivity contribution in [2.45, 2.75) is 6.92 Å². The number of pyridine rings is 1. The number of aromatic nitrogens is 4. The first-order chi connectivity index (χ1) is 21.0. The third-order valence-corrected chi connectivity index (χ3v) is 6.62. The van der Waals surface area contributed by atoms with E-state index in [4.69, 9.17) is 21.5 Å². The summed E-state index contributed by atoms with van der Waals surface area (Å²) in [4.78, 5) is 30.2. The molecule has 5 aromatic rings. The van der Waals surface area contributed by atoms with E-state index in [2.05, 4.69) is 32.0 Å². The fourth-order valence-electron chi connectivity index (χ4n) is 4.64. The zero-order valence-corrected chi connectivity index (χ0v) is 22.5. The molecule has 0 spiro atoms. The van der Waals surface area contributed by atoms with E-state index < -0.39 is 0 Å². The van der Waals surface area contributed by atoms with E-state index in [0.29, 0.717) is 39.3 Å². The summed E-state index contributed by atoms with van der Waals surface area (Å²) in [5.41, 5.74) is 4.85. The van der Waals surface area contributed by atoms with Crippen LogP contribution >= 0.6 is 0 Å². The quantitative estimate of drug-likeness (QED) is 0.228. The molecule has 0 amide bonds. The van der Waals surface area contributed by atoms with Crippen molar-refractivity contribution in [3.8, 4) is 63.5 Å². The summed E-state index contributed by atoms with van der Waals surface area (Å²) in [5, 5.41) is 29.6. The highest BCUT2D eigenvalue weighted by Gasteiger charge is 2.20. The highest BCUT2D eigenvalue weighted by molar-refractivity contribution is 5.72. The summed E-state index contributed by atoms with van der Waals surface area (Å²) in [7, 11) is 0. The molecule has 0 radical (unpaired) electrons. The number of fused-ring (bicyclic) bond motifs is 1. The van der Waals surface area contributed by atoms with Crippen LogP contribution in [0.3, 0.4) is 0 Å². The average molecular weight is 553 g/mol. The van der Waals surface area contributed by atoms with Crippen molar-refractivity contribution in [1.82, 2.24) is 19.9 Å². The van der Waals surface area contributed by atoms with E-state index >= 15 is 0 Å². The van der Waals surface area contributed by atoms with Gasteiger partial charge in [-0.25, -0.2) is 35.0 Å². The van der Waals surface area contributed by atoms with E-state index in [9.17, 15) is 15.8 Å². The fraction of sp³-hybridized carbons (Fsp3) is 0.0303. The molecule has 198 valence electrons. The SMILES string of the molecule is [C-]#[N+]/C(C#N)=C1\N=c2ccc(-c3nc(-c4ccc(-c5cccnc5)cc4)nc(-c4cc(C)cc(C#N)c4)n3)c(C#N)c2=N1. The number of nitriles is 3. The normalized spacial score (nSPS) is 12.4. The van der Waals surface area contributed by atoms with Crippen LogP contribution in [0.1, 0.15) is 16.7 Å². The molecule has 0 aliphatic carbocycles.